The molecule has 2 N–H and O–H groups in total. The number of carboxylic acids is 1. The number of carbonyl (C=O) groups is 3. The van der Waals surface area contributed by atoms with E-state index in [2.05, 4.69) is 19.2 Å². The molecule has 48 heavy (non-hydrogen) atoms. The summed E-state index contributed by atoms with van der Waals surface area (Å²) >= 11 is 0. The van der Waals surface area contributed by atoms with Crippen molar-refractivity contribution in [3.8, 4) is 0 Å². The van der Waals surface area contributed by atoms with Gasteiger partial charge in [0.15, 0.2) is 0 Å². The van der Waals surface area contributed by atoms with Crippen LogP contribution in [0.1, 0.15) is 141 Å². The van der Waals surface area contributed by atoms with E-state index in [0.29, 0.717) is 26.2 Å². The third kappa shape index (κ3) is 26.5. The van der Waals surface area contributed by atoms with Crippen LogP contribution in [0.4, 0.5) is 0 Å². The molecule has 1 aromatic carbocycles. The number of esters is 1. The van der Waals surface area contributed by atoms with Gasteiger partial charge >= 0.3 is 11.9 Å². The van der Waals surface area contributed by atoms with Gasteiger partial charge in [0.2, 0.25) is 5.91 Å². The molecule has 1 amide bonds. The standard InChI is InChI=1S/C39H67NO8/c1-3-5-7-9-10-11-12-13-14-15-16-17-21-25-35(32-37(41)40-36(39(43)44)31-34-23-19-18-20-24-34)48-38(42)33-47-30-29-46-28-27-45-26-22-8-6-4-2/h18-20,23-24,35-36H,3-17,21-22,25-33H2,1-2H3,(H,40,41)(H,43,44)/t35?,36-/m0/s1. The molecule has 0 bridgehead atoms. The third-order valence-electron chi connectivity index (χ3n) is 8.36. The van der Waals surface area contributed by atoms with Gasteiger partial charge in [0, 0.05) is 13.0 Å². The second kappa shape index (κ2) is 31.8. The minimum atomic E-state index is -1.11. The van der Waals surface area contributed by atoms with Crippen LogP contribution in [0.15, 0.2) is 30.3 Å². The molecule has 0 radical (unpaired) electrons. The van der Waals surface area contributed by atoms with Crippen molar-refractivity contribution in [2.24, 2.45) is 0 Å². The molecule has 0 aliphatic carbocycles. The number of carbonyl (C=O) groups excluding carboxylic acids is 2. The molecule has 1 rings (SSSR count). The maximum atomic E-state index is 12.9. The first-order valence-electron chi connectivity index (χ1n) is 18.9. The monoisotopic (exact) mass is 677 g/mol. The predicted octanol–water partition coefficient (Wildman–Crippen LogP) is 8.21. The van der Waals surface area contributed by atoms with Crippen LogP contribution in [0.2, 0.25) is 0 Å². The smallest absolute Gasteiger partial charge is 0.332 e. The second-order valence-electron chi connectivity index (χ2n) is 12.8. The highest BCUT2D eigenvalue weighted by molar-refractivity contribution is 5.84. The van der Waals surface area contributed by atoms with E-state index in [1.165, 1.54) is 83.5 Å². The summed E-state index contributed by atoms with van der Waals surface area (Å²) in [7, 11) is 0. The highest BCUT2D eigenvalue weighted by Crippen LogP contribution is 2.16. The number of nitrogens with one attached hydrogen (secondary N) is 1. The van der Waals surface area contributed by atoms with Crippen molar-refractivity contribution < 1.29 is 38.4 Å². The first-order chi connectivity index (χ1) is 23.5. The molecule has 0 spiro atoms. The number of rotatable bonds is 34. The van der Waals surface area contributed by atoms with Gasteiger partial charge in [-0.1, -0.05) is 140 Å². The zero-order valence-electron chi connectivity index (χ0n) is 30.2. The highest BCUT2D eigenvalue weighted by atomic mass is 16.6. The molecule has 0 fully saturated rings. The van der Waals surface area contributed by atoms with Crippen LogP contribution < -0.4 is 5.32 Å². The fraction of sp³-hybridized carbons (Fsp3) is 0.769. The molecule has 0 saturated heterocycles. The van der Waals surface area contributed by atoms with Crippen LogP contribution >= 0.6 is 0 Å². The lowest BCUT2D eigenvalue weighted by atomic mass is 10.0. The Morgan fingerprint density at radius 1 is 0.646 bits per heavy atom. The zero-order valence-corrected chi connectivity index (χ0v) is 30.2. The van der Waals surface area contributed by atoms with Gasteiger partial charge in [-0.15, -0.1) is 0 Å². The molecular formula is C39H67NO8. The first-order valence-corrected chi connectivity index (χ1v) is 18.9. The van der Waals surface area contributed by atoms with Gasteiger partial charge in [-0.2, -0.15) is 0 Å². The molecule has 2 atom stereocenters. The molecule has 0 aromatic heterocycles. The van der Waals surface area contributed by atoms with Crippen LogP contribution in [0, 0.1) is 0 Å². The van der Waals surface area contributed by atoms with Crippen molar-refractivity contribution >= 4 is 17.8 Å². The Balaban J connectivity index is 2.40. The highest BCUT2D eigenvalue weighted by Gasteiger charge is 2.24. The lowest BCUT2D eigenvalue weighted by molar-refractivity contribution is -0.157. The average Bonchev–Trinajstić information content (AvgIpc) is 3.07. The molecule has 9 nitrogen and oxygen atoms in total. The summed E-state index contributed by atoms with van der Waals surface area (Å²) in [5.41, 5.74) is 0.816. The molecule has 9 heteroatoms. The Morgan fingerprint density at radius 3 is 1.71 bits per heavy atom. The summed E-state index contributed by atoms with van der Waals surface area (Å²) in [6.45, 7) is 6.53. The molecule has 1 unspecified atom stereocenters. The minimum Gasteiger partial charge on any atom is -0.480 e. The summed E-state index contributed by atoms with van der Waals surface area (Å²) in [6, 6.07) is 8.12. The fourth-order valence-corrected chi connectivity index (χ4v) is 5.55. The summed E-state index contributed by atoms with van der Waals surface area (Å²) < 4.78 is 22.1. The van der Waals surface area contributed by atoms with Gasteiger partial charge in [0.25, 0.3) is 0 Å². The van der Waals surface area contributed by atoms with Crippen LogP contribution in [0.5, 0.6) is 0 Å². The van der Waals surface area contributed by atoms with E-state index in [-0.39, 0.29) is 26.1 Å². The van der Waals surface area contributed by atoms with E-state index in [9.17, 15) is 19.5 Å². The maximum Gasteiger partial charge on any atom is 0.332 e. The number of carboxylic acid groups (broad SMARTS) is 1. The molecule has 0 saturated carbocycles. The summed E-state index contributed by atoms with van der Waals surface area (Å²) in [5.74, 6) is -2.10. The number of unbranched alkanes of at least 4 members (excludes halogenated alkanes) is 15. The SMILES string of the molecule is CCCCCCCCCCCCCCCC(CC(=O)N[C@@H](Cc1ccccc1)C(=O)O)OC(=O)COCCOCCOCCCCCC. The molecule has 0 aliphatic heterocycles. The van der Waals surface area contributed by atoms with Gasteiger partial charge in [0.1, 0.15) is 18.8 Å². The molecule has 0 heterocycles. The number of amides is 1. The zero-order chi connectivity index (χ0) is 34.9. The second-order valence-corrected chi connectivity index (χ2v) is 12.8. The van der Waals surface area contributed by atoms with E-state index in [4.69, 9.17) is 18.9 Å². The molecule has 276 valence electrons. The van der Waals surface area contributed by atoms with Crippen LogP contribution in [0.25, 0.3) is 0 Å². The summed E-state index contributed by atoms with van der Waals surface area (Å²) in [6.07, 6.45) is 20.6. The van der Waals surface area contributed by atoms with E-state index >= 15 is 0 Å². The van der Waals surface area contributed by atoms with Crippen molar-refractivity contribution in [1.82, 2.24) is 5.32 Å². The number of benzene rings is 1. The third-order valence-corrected chi connectivity index (χ3v) is 8.36. The van der Waals surface area contributed by atoms with Crippen molar-refractivity contribution in [3.63, 3.8) is 0 Å². The van der Waals surface area contributed by atoms with Crippen LogP contribution in [-0.2, 0) is 39.8 Å². The Bertz CT molecular complexity index is 913. The topological polar surface area (TPSA) is 120 Å². The van der Waals surface area contributed by atoms with Gasteiger partial charge in [-0.3, -0.25) is 4.79 Å². The minimum absolute atomic E-state index is 0.0931. The van der Waals surface area contributed by atoms with E-state index in [1.54, 1.807) is 0 Å². The van der Waals surface area contributed by atoms with Gasteiger partial charge in [-0.25, -0.2) is 9.59 Å². The number of ether oxygens (including phenoxy) is 4. The molecule has 1 aromatic rings. The fourth-order valence-electron chi connectivity index (χ4n) is 5.55. The van der Waals surface area contributed by atoms with Crippen molar-refractivity contribution in [2.45, 2.75) is 154 Å². The van der Waals surface area contributed by atoms with Crippen molar-refractivity contribution in [3.05, 3.63) is 35.9 Å². The quantitative estimate of drug-likeness (QED) is 0.0553. The van der Waals surface area contributed by atoms with Gasteiger partial charge in [-0.05, 0) is 24.8 Å². The lowest BCUT2D eigenvalue weighted by Crippen LogP contribution is -2.43. The van der Waals surface area contributed by atoms with Gasteiger partial charge < -0.3 is 29.4 Å². The van der Waals surface area contributed by atoms with E-state index < -0.39 is 30.0 Å². The predicted molar refractivity (Wildman–Crippen MR) is 191 cm³/mol. The lowest BCUT2D eigenvalue weighted by Gasteiger charge is -2.20. The normalized spacial score (nSPS) is 12.5. The first kappa shape index (κ1) is 43.5. The number of hydrogen-bond donors (Lipinski definition) is 2. The van der Waals surface area contributed by atoms with Crippen LogP contribution in [0.3, 0.4) is 0 Å². The van der Waals surface area contributed by atoms with E-state index in [1.807, 2.05) is 30.3 Å². The molecular weight excluding hydrogens is 610 g/mol. The largest absolute Gasteiger partial charge is 0.480 e. The van der Waals surface area contributed by atoms with Gasteiger partial charge in [0.05, 0.1) is 32.8 Å². The van der Waals surface area contributed by atoms with E-state index in [0.717, 1.165) is 37.9 Å². The maximum absolute atomic E-state index is 12.9. The average molecular weight is 678 g/mol. The summed E-state index contributed by atoms with van der Waals surface area (Å²) in [4.78, 5) is 37.4. The molecule has 0 aliphatic rings. The van der Waals surface area contributed by atoms with Crippen molar-refractivity contribution in [2.75, 3.05) is 39.6 Å². The Hall–Kier alpha value is -2.49. The summed E-state index contributed by atoms with van der Waals surface area (Å²) in [5, 5.41) is 12.3. The number of hydrogen-bond acceptors (Lipinski definition) is 7. The Morgan fingerprint density at radius 2 is 1.15 bits per heavy atom. The van der Waals surface area contributed by atoms with Crippen LogP contribution in [-0.4, -0.2) is 74.7 Å². The number of aliphatic carboxylic acids is 1. The Kier molecular flexibility index (Phi) is 28.8. The Labute approximate surface area is 291 Å². The van der Waals surface area contributed by atoms with Crippen molar-refractivity contribution in [1.29, 1.82) is 0 Å².